The van der Waals surface area contributed by atoms with Gasteiger partial charge in [0.25, 0.3) is 0 Å². The lowest BCUT2D eigenvalue weighted by molar-refractivity contribution is -0.122. The van der Waals surface area contributed by atoms with E-state index in [1.807, 2.05) is 24.3 Å². The number of benzene rings is 1. The van der Waals surface area contributed by atoms with Crippen LogP contribution in [0.5, 0.6) is 5.75 Å². The highest BCUT2D eigenvalue weighted by Crippen LogP contribution is 2.33. The van der Waals surface area contributed by atoms with Gasteiger partial charge >= 0.3 is 0 Å². The van der Waals surface area contributed by atoms with Crippen molar-refractivity contribution in [3.63, 3.8) is 0 Å². The molecule has 0 aliphatic carbocycles. The van der Waals surface area contributed by atoms with Gasteiger partial charge in [-0.1, -0.05) is 34.1 Å². The van der Waals surface area contributed by atoms with E-state index in [1.165, 1.54) is 0 Å². The van der Waals surface area contributed by atoms with Crippen LogP contribution in [0.1, 0.15) is 11.5 Å². The average Bonchev–Trinajstić information content (AvgIpc) is 2.80. The maximum absolute atomic E-state index is 12.1. The van der Waals surface area contributed by atoms with Crippen LogP contribution in [0.4, 0.5) is 0 Å². The molecule has 4 nitrogen and oxygen atoms in total. The van der Waals surface area contributed by atoms with Gasteiger partial charge in [0.05, 0.1) is 11.4 Å². The number of ether oxygens (including phenoxy) is 2. The fourth-order valence-electron chi connectivity index (χ4n) is 1.95. The number of carbonyl (C=O) groups is 1. The Morgan fingerprint density at radius 1 is 1.61 bits per heavy atom. The molecule has 1 aromatic rings. The summed E-state index contributed by atoms with van der Waals surface area (Å²) in [6.45, 7) is 1.53. The molecule has 0 saturated heterocycles. The Balaban J connectivity index is 1.91. The molecule has 1 heterocycles. The van der Waals surface area contributed by atoms with Gasteiger partial charge in [-0.15, -0.1) is 0 Å². The molecule has 5 heteroatoms. The van der Waals surface area contributed by atoms with Gasteiger partial charge in [-0.2, -0.15) is 0 Å². The Morgan fingerprint density at radius 3 is 3.17 bits per heavy atom. The van der Waals surface area contributed by atoms with Gasteiger partial charge in [-0.25, -0.2) is 0 Å². The van der Waals surface area contributed by atoms with Crippen molar-refractivity contribution in [2.24, 2.45) is 0 Å². The van der Waals surface area contributed by atoms with Crippen molar-refractivity contribution in [1.82, 2.24) is 5.32 Å². The third kappa shape index (κ3) is 3.03. The Kier molecular flexibility index (Phi) is 4.60. The van der Waals surface area contributed by atoms with Crippen LogP contribution in [0.15, 0.2) is 24.3 Å². The van der Waals surface area contributed by atoms with E-state index in [2.05, 4.69) is 21.2 Å². The van der Waals surface area contributed by atoms with Crippen molar-refractivity contribution < 1.29 is 14.3 Å². The van der Waals surface area contributed by atoms with Crippen molar-refractivity contribution >= 4 is 21.8 Å². The Morgan fingerprint density at radius 2 is 2.39 bits per heavy atom. The number of methoxy groups -OCH3 is 1. The topological polar surface area (TPSA) is 47.6 Å². The summed E-state index contributed by atoms with van der Waals surface area (Å²) in [5.41, 5.74) is 0.966. The van der Waals surface area contributed by atoms with Crippen LogP contribution in [0, 0.1) is 0 Å². The zero-order valence-electron chi connectivity index (χ0n) is 10.2. The molecule has 2 atom stereocenters. The van der Waals surface area contributed by atoms with Gasteiger partial charge in [0.1, 0.15) is 18.3 Å². The van der Waals surface area contributed by atoms with E-state index in [1.54, 1.807) is 7.11 Å². The molecule has 98 valence electrons. The number of fused-ring (bicyclic) bond motifs is 1. The second-order valence-electron chi connectivity index (χ2n) is 4.20. The number of alkyl halides is 1. The first-order valence-corrected chi connectivity index (χ1v) is 6.76. The number of rotatable bonds is 5. The monoisotopic (exact) mass is 313 g/mol. The van der Waals surface area contributed by atoms with E-state index in [-0.39, 0.29) is 16.7 Å². The first kappa shape index (κ1) is 13.4. The van der Waals surface area contributed by atoms with Gasteiger partial charge in [0.2, 0.25) is 5.91 Å². The Labute approximate surface area is 115 Å². The highest BCUT2D eigenvalue weighted by molar-refractivity contribution is 9.09. The van der Waals surface area contributed by atoms with E-state index < -0.39 is 0 Å². The van der Waals surface area contributed by atoms with Crippen molar-refractivity contribution in [2.45, 2.75) is 10.7 Å². The molecule has 2 unspecified atom stereocenters. The second-order valence-corrected chi connectivity index (χ2v) is 5.49. The van der Waals surface area contributed by atoms with Crippen LogP contribution in [0.25, 0.3) is 0 Å². The minimum absolute atomic E-state index is 0.000466. The Hall–Kier alpha value is -1.07. The highest BCUT2D eigenvalue weighted by Gasteiger charge is 2.29. The lowest BCUT2D eigenvalue weighted by atomic mass is 10.0. The molecule has 1 aliphatic heterocycles. The quantitative estimate of drug-likeness (QED) is 0.842. The molecule has 0 spiro atoms. The predicted molar refractivity (Wildman–Crippen MR) is 72.3 cm³/mol. The van der Waals surface area contributed by atoms with E-state index in [0.717, 1.165) is 11.3 Å². The maximum Gasteiger partial charge on any atom is 0.231 e. The van der Waals surface area contributed by atoms with Crippen LogP contribution < -0.4 is 10.1 Å². The lowest BCUT2D eigenvalue weighted by Gasteiger charge is -2.13. The summed E-state index contributed by atoms with van der Waals surface area (Å²) in [6.07, 6.45) is 0. The molecular formula is C13H16BrNO3. The standard InChI is InChI=1S/C13H16BrNO3/c1-17-7-9(14)6-15-13(16)11-8-18-12-5-3-2-4-10(11)12/h2-5,9,11H,6-8H2,1H3,(H,15,16). The highest BCUT2D eigenvalue weighted by atomic mass is 79.9. The van der Waals surface area contributed by atoms with Gasteiger partial charge in [-0.3, -0.25) is 4.79 Å². The number of halogens is 1. The first-order valence-electron chi connectivity index (χ1n) is 5.85. The zero-order valence-corrected chi connectivity index (χ0v) is 11.8. The van der Waals surface area contributed by atoms with Crippen LogP contribution in [-0.4, -0.2) is 37.6 Å². The van der Waals surface area contributed by atoms with Crippen molar-refractivity contribution in [1.29, 1.82) is 0 Å². The van der Waals surface area contributed by atoms with Crippen molar-refractivity contribution in [3.05, 3.63) is 29.8 Å². The number of carbonyl (C=O) groups excluding carboxylic acids is 1. The van der Waals surface area contributed by atoms with E-state index in [9.17, 15) is 4.79 Å². The predicted octanol–water partition coefficient (Wildman–Crippen LogP) is 1.69. The number of hydrogen-bond donors (Lipinski definition) is 1. The molecule has 0 fully saturated rings. The van der Waals surface area contributed by atoms with Crippen LogP contribution in [0.2, 0.25) is 0 Å². The molecule has 1 aromatic carbocycles. The van der Waals surface area contributed by atoms with Gasteiger partial charge in [0.15, 0.2) is 0 Å². The molecular weight excluding hydrogens is 298 g/mol. The van der Waals surface area contributed by atoms with Crippen LogP contribution in [0.3, 0.4) is 0 Å². The molecule has 2 rings (SSSR count). The summed E-state index contributed by atoms with van der Waals surface area (Å²) in [5.74, 6) is 0.605. The van der Waals surface area contributed by atoms with E-state index >= 15 is 0 Å². The van der Waals surface area contributed by atoms with E-state index in [4.69, 9.17) is 9.47 Å². The van der Waals surface area contributed by atoms with Crippen LogP contribution in [-0.2, 0) is 9.53 Å². The fourth-order valence-corrected chi connectivity index (χ4v) is 2.38. The first-order chi connectivity index (χ1) is 8.72. The Bertz CT molecular complexity index is 424. The van der Waals surface area contributed by atoms with Crippen molar-refractivity contribution in [3.8, 4) is 5.75 Å². The lowest BCUT2D eigenvalue weighted by Crippen LogP contribution is -2.35. The number of nitrogens with one attached hydrogen (secondary N) is 1. The summed E-state index contributed by atoms with van der Waals surface area (Å²) in [6, 6.07) is 7.66. The summed E-state index contributed by atoms with van der Waals surface area (Å²) in [4.78, 5) is 12.2. The summed E-state index contributed by atoms with van der Waals surface area (Å²) < 4.78 is 10.5. The largest absolute Gasteiger partial charge is 0.492 e. The minimum atomic E-state index is -0.205. The van der Waals surface area contributed by atoms with Gasteiger partial charge < -0.3 is 14.8 Å². The zero-order chi connectivity index (χ0) is 13.0. The smallest absolute Gasteiger partial charge is 0.231 e. The molecule has 1 amide bonds. The molecule has 18 heavy (non-hydrogen) atoms. The minimum Gasteiger partial charge on any atom is -0.492 e. The van der Waals surface area contributed by atoms with Gasteiger partial charge in [-0.05, 0) is 6.07 Å². The number of para-hydroxylation sites is 1. The summed E-state index contributed by atoms with van der Waals surface area (Å²) in [5, 5.41) is 2.90. The van der Waals surface area contributed by atoms with Crippen molar-refractivity contribution in [2.75, 3.05) is 26.9 Å². The maximum atomic E-state index is 12.1. The molecule has 0 aromatic heterocycles. The molecule has 1 aliphatic rings. The number of hydrogen-bond acceptors (Lipinski definition) is 3. The molecule has 0 bridgehead atoms. The SMILES string of the molecule is COCC(Br)CNC(=O)C1COc2ccccc21. The summed E-state index contributed by atoms with van der Waals surface area (Å²) >= 11 is 3.44. The molecule has 0 radical (unpaired) electrons. The molecule has 0 saturated carbocycles. The third-order valence-corrected chi connectivity index (χ3v) is 3.45. The second kappa shape index (κ2) is 6.20. The number of amides is 1. The fraction of sp³-hybridized carbons (Fsp3) is 0.462. The van der Waals surface area contributed by atoms with E-state index in [0.29, 0.717) is 19.8 Å². The normalized spacial score (nSPS) is 18.9. The van der Waals surface area contributed by atoms with Crippen LogP contribution >= 0.6 is 15.9 Å². The average molecular weight is 314 g/mol. The third-order valence-electron chi connectivity index (χ3n) is 2.86. The summed E-state index contributed by atoms with van der Waals surface area (Å²) in [7, 11) is 1.64. The molecule has 1 N–H and O–H groups in total. The van der Waals surface area contributed by atoms with Gasteiger partial charge in [0, 0.05) is 19.2 Å².